The second-order valence-corrected chi connectivity index (χ2v) is 5.20. The van der Waals surface area contributed by atoms with Crippen molar-refractivity contribution in [3.05, 3.63) is 29.6 Å². The van der Waals surface area contributed by atoms with E-state index in [2.05, 4.69) is 5.32 Å². The molecule has 1 aromatic rings. The average Bonchev–Trinajstić information content (AvgIpc) is 2.46. The van der Waals surface area contributed by atoms with Gasteiger partial charge in [0.1, 0.15) is 11.9 Å². The normalized spacial score (nSPS) is 20.6. The second-order valence-electron chi connectivity index (χ2n) is 5.20. The SMILES string of the molecule is CNC(=O)C1CCCCN1c1ccc(F)cc1C(C)O. The van der Waals surface area contributed by atoms with Crippen LogP contribution < -0.4 is 10.2 Å². The molecule has 1 aliphatic heterocycles. The average molecular weight is 280 g/mol. The number of carbonyl (C=O) groups excluding carboxylic acids is 1. The number of amides is 1. The highest BCUT2D eigenvalue weighted by Gasteiger charge is 2.30. The molecule has 110 valence electrons. The van der Waals surface area contributed by atoms with Gasteiger partial charge in [-0.25, -0.2) is 4.39 Å². The lowest BCUT2D eigenvalue weighted by Crippen LogP contribution is -2.49. The fraction of sp³-hybridized carbons (Fsp3) is 0.533. The largest absolute Gasteiger partial charge is 0.389 e. The van der Waals surface area contributed by atoms with E-state index in [9.17, 15) is 14.3 Å². The minimum Gasteiger partial charge on any atom is -0.389 e. The molecule has 4 nitrogen and oxygen atoms in total. The Kier molecular flexibility index (Phi) is 4.60. The zero-order chi connectivity index (χ0) is 14.7. The Morgan fingerprint density at radius 2 is 2.25 bits per heavy atom. The predicted molar refractivity (Wildman–Crippen MR) is 76.1 cm³/mol. The van der Waals surface area contributed by atoms with Crippen LogP contribution in [0, 0.1) is 5.82 Å². The maximum Gasteiger partial charge on any atom is 0.242 e. The van der Waals surface area contributed by atoms with Gasteiger partial charge in [0.05, 0.1) is 6.10 Å². The molecule has 2 N–H and O–H groups in total. The lowest BCUT2D eigenvalue weighted by Gasteiger charge is -2.37. The fourth-order valence-corrected chi connectivity index (χ4v) is 2.78. The van der Waals surface area contributed by atoms with Crippen LogP contribution in [0.2, 0.25) is 0 Å². The van der Waals surface area contributed by atoms with Gasteiger partial charge < -0.3 is 15.3 Å². The van der Waals surface area contributed by atoms with Gasteiger partial charge in [-0.1, -0.05) is 0 Å². The Morgan fingerprint density at radius 1 is 1.50 bits per heavy atom. The number of hydrogen-bond donors (Lipinski definition) is 2. The van der Waals surface area contributed by atoms with E-state index in [1.807, 2.05) is 4.90 Å². The summed E-state index contributed by atoms with van der Waals surface area (Å²) in [5, 5.41) is 12.5. The molecule has 20 heavy (non-hydrogen) atoms. The molecule has 2 atom stereocenters. The van der Waals surface area contributed by atoms with Crippen LogP contribution in [-0.2, 0) is 4.79 Å². The number of nitrogens with zero attached hydrogens (tertiary/aromatic N) is 1. The van der Waals surface area contributed by atoms with Crippen LogP contribution >= 0.6 is 0 Å². The molecule has 0 spiro atoms. The first kappa shape index (κ1) is 14.8. The third-order valence-corrected chi connectivity index (χ3v) is 3.80. The van der Waals surface area contributed by atoms with Gasteiger partial charge in [0.2, 0.25) is 5.91 Å². The smallest absolute Gasteiger partial charge is 0.242 e. The van der Waals surface area contributed by atoms with Crippen molar-refractivity contribution >= 4 is 11.6 Å². The number of piperidine rings is 1. The predicted octanol–water partition coefficient (Wildman–Crippen LogP) is 1.98. The Hall–Kier alpha value is -1.62. The van der Waals surface area contributed by atoms with Crippen molar-refractivity contribution in [2.24, 2.45) is 0 Å². The van der Waals surface area contributed by atoms with Crippen LogP contribution in [0.25, 0.3) is 0 Å². The summed E-state index contributed by atoms with van der Waals surface area (Å²) in [7, 11) is 1.62. The zero-order valence-electron chi connectivity index (χ0n) is 11.9. The molecule has 1 saturated heterocycles. The Morgan fingerprint density at radius 3 is 2.90 bits per heavy atom. The first-order chi connectivity index (χ1) is 9.54. The van der Waals surface area contributed by atoms with Gasteiger partial charge in [-0.2, -0.15) is 0 Å². The van der Waals surface area contributed by atoms with E-state index >= 15 is 0 Å². The Bertz CT molecular complexity index is 491. The summed E-state index contributed by atoms with van der Waals surface area (Å²) in [4.78, 5) is 14.0. The molecule has 2 rings (SSSR count). The number of carbonyl (C=O) groups is 1. The summed E-state index contributed by atoms with van der Waals surface area (Å²) < 4.78 is 13.4. The van der Waals surface area contributed by atoms with Crippen LogP contribution in [0.5, 0.6) is 0 Å². The van der Waals surface area contributed by atoms with Crippen LogP contribution in [0.15, 0.2) is 18.2 Å². The molecule has 1 heterocycles. The molecule has 1 aliphatic rings. The first-order valence-corrected chi connectivity index (χ1v) is 7.00. The number of likely N-dealkylation sites (N-methyl/N-ethyl adjacent to an activating group) is 1. The van der Waals surface area contributed by atoms with Crippen molar-refractivity contribution in [1.29, 1.82) is 0 Å². The standard InChI is InChI=1S/C15H21FN2O2/c1-10(19)12-9-11(16)6-7-13(12)18-8-4-3-5-14(18)15(20)17-2/h6-7,9-10,14,19H,3-5,8H2,1-2H3,(H,17,20). The number of aliphatic hydroxyl groups is 1. The highest BCUT2D eigenvalue weighted by Crippen LogP contribution is 2.32. The van der Waals surface area contributed by atoms with E-state index in [0.717, 1.165) is 31.5 Å². The Labute approximate surface area is 118 Å². The minimum absolute atomic E-state index is 0.0365. The Balaban J connectivity index is 2.39. The molecular weight excluding hydrogens is 259 g/mol. The van der Waals surface area contributed by atoms with Crippen molar-refractivity contribution in [1.82, 2.24) is 5.32 Å². The molecule has 1 amide bonds. The van der Waals surface area contributed by atoms with E-state index in [0.29, 0.717) is 5.56 Å². The van der Waals surface area contributed by atoms with Crippen molar-refractivity contribution in [2.75, 3.05) is 18.5 Å². The molecule has 0 bridgehead atoms. The highest BCUT2D eigenvalue weighted by atomic mass is 19.1. The molecule has 5 heteroatoms. The van der Waals surface area contributed by atoms with Gasteiger partial charge in [0.15, 0.2) is 0 Å². The van der Waals surface area contributed by atoms with Crippen molar-refractivity contribution in [3.63, 3.8) is 0 Å². The first-order valence-electron chi connectivity index (χ1n) is 7.00. The third kappa shape index (κ3) is 2.93. The summed E-state index contributed by atoms with van der Waals surface area (Å²) in [5.74, 6) is -0.413. The molecule has 0 aliphatic carbocycles. The number of anilines is 1. The van der Waals surface area contributed by atoms with Crippen LogP contribution in [0.3, 0.4) is 0 Å². The number of hydrogen-bond acceptors (Lipinski definition) is 3. The molecule has 0 radical (unpaired) electrons. The molecule has 2 unspecified atom stereocenters. The molecular formula is C15H21FN2O2. The van der Waals surface area contributed by atoms with Gasteiger partial charge in [-0.15, -0.1) is 0 Å². The fourth-order valence-electron chi connectivity index (χ4n) is 2.78. The summed E-state index contributed by atoms with van der Waals surface area (Å²) in [6, 6.07) is 4.11. The monoisotopic (exact) mass is 280 g/mol. The van der Waals surface area contributed by atoms with E-state index in [1.165, 1.54) is 12.1 Å². The lowest BCUT2D eigenvalue weighted by molar-refractivity contribution is -0.122. The van der Waals surface area contributed by atoms with Gasteiger partial charge in [-0.3, -0.25) is 4.79 Å². The van der Waals surface area contributed by atoms with Gasteiger partial charge in [0.25, 0.3) is 0 Å². The summed E-state index contributed by atoms with van der Waals surface area (Å²) in [5.41, 5.74) is 1.27. The number of rotatable bonds is 3. The van der Waals surface area contributed by atoms with E-state index < -0.39 is 6.10 Å². The van der Waals surface area contributed by atoms with E-state index in [-0.39, 0.29) is 17.8 Å². The highest BCUT2D eigenvalue weighted by molar-refractivity contribution is 5.85. The van der Waals surface area contributed by atoms with Crippen molar-refractivity contribution in [3.8, 4) is 0 Å². The molecule has 1 fully saturated rings. The lowest BCUT2D eigenvalue weighted by atomic mass is 9.98. The second kappa shape index (κ2) is 6.22. The summed E-state index contributed by atoms with van der Waals surface area (Å²) >= 11 is 0. The summed E-state index contributed by atoms with van der Waals surface area (Å²) in [6.45, 7) is 2.35. The molecule has 1 aromatic carbocycles. The van der Waals surface area contributed by atoms with Gasteiger partial charge in [-0.05, 0) is 44.4 Å². The van der Waals surface area contributed by atoms with E-state index in [1.54, 1.807) is 20.0 Å². The number of halogens is 1. The molecule has 0 aromatic heterocycles. The third-order valence-electron chi connectivity index (χ3n) is 3.80. The maximum absolute atomic E-state index is 13.4. The zero-order valence-corrected chi connectivity index (χ0v) is 11.9. The van der Waals surface area contributed by atoms with Gasteiger partial charge in [0, 0.05) is 24.8 Å². The van der Waals surface area contributed by atoms with Crippen LogP contribution in [-0.4, -0.2) is 30.6 Å². The van der Waals surface area contributed by atoms with E-state index in [4.69, 9.17) is 0 Å². The number of nitrogens with one attached hydrogen (secondary N) is 1. The number of benzene rings is 1. The topological polar surface area (TPSA) is 52.6 Å². The van der Waals surface area contributed by atoms with Gasteiger partial charge >= 0.3 is 0 Å². The maximum atomic E-state index is 13.4. The quantitative estimate of drug-likeness (QED) is 0.890. The van der Waals surface area contributed by atoms with Crippen LogP contribution in [0.4, 0.5) is 10.1 Å². The molecule has 0 saturated carbocycles. The summed E-state index contributed by atoms with van der Waals surface area (Å²) in [6.07, 6.45) is 1.99. The number of aliphatic hydroxyl groups excluding tert-OH is 1. The van der Waals surface area contributed by atoms with Crippen molar-refractivity contribution in [2.45, 2.75) is 38.3 Å². The minimum atomic E-state index is -0.770. The van der Waals surface area contributed by atoms with Crippen LogP contribution in [0.1, 0.15) is 37.9 Å². The van der Waals surface area contributed by atoms with Crippen molar-refractivity contribution < 1.29 is 14.3 Å².